The van der Waals surface area contributed by atoms with Crippen LogP contribution in [0.5, 0.6) is 28.7 Å². The summed E-state index contributed by atoms with van der Waals surface area (Å²) in [6.45, 7) is 8.28. The number of carbonyl (C=O) groups excluding carboxylic acids is 2. The minimum absolute atomic E-state index is 0.0869. The molecule has 4 rings (SSSR count). The Morgan fingerprint density at radius 1 is 0.385 bits per heavy atom. The lowest BCUT2D eigenvalue weighted by molar-refractivity contribution is 0.0733. The zero-order valence-corrected chi connectivity index (χ0v) is 40.0. The van der Waals surface area contributed by atoms with Crippen molar-refractivity contribution in [1.29, 1.82) is 0 Å². The molecule has 0 bridgehead atoms. The minimum atomic E-state index is -0.599. The highest BCUT2D eigenvalue weighted by atomic mass is 16.5. The molecule has 0 radical (unpaired) electrons. The van der Waals surface area contributed by atoms with E-state index in [1.807, 2.05) is 19.1 Å². The van der Waals surface area contributed by atoms with Crippen LogP contribution >= 0.6 is 0 Å². The first kappa shape index (κ1) is 52.4. The van der Waals surface area contributed by atoms with Crippen LogP contribution in [0.25, 0.3) is 0 Å². The normalized spacial score (nSPS) is 11.2. The first-order valence-corrected chi connectivity index (χ1v) is 25.2. The molecule has 0 spiro atoms. The van der Waals surface area contributed by atoms with Crippen LogP contribution in [-0.4, -0.2) is 31.8 Å². The molecule has 4 aromatic carbocycles. The summed E-state index contributed by atoms with van der Waals surface area (Å²) in [5, 5.41) is 8.74. The van der Waals surface area contributed by atoms with E-state index < -0.39 is 11.9 Å². The number of unbranched alkanes of at least 4 members (excludes halogenated alkanes) is 22. The highest BCUT2D eigenvalue weighted by Gasteiger charge is 2.16. The smallest absolute Gasteiger partial charge is 0.343 e. The molecule has 0 heterocycles. The molecule has 0 aliphatic rings. The van der Waals surface area contributed by atoms with Gasteiger partial charge >= 0.3 is 11.9 Å². The van der Waals surface area contributed by atoms with Crippen molar-refractivity contribution >= 4 is 23.3 Å². The lowest BCUT2D eigenvalue weighted by Gasteiger charge is -2.11. The molecule has 0 aliphatic heterocycles. The molecule has 354 valence electrons. The van der Waals surface area contributed by atoms with Crippen molar-refractivity contribution in [2.75, 3.05) is 19.8 Å². The van der Waals surface area contributed by atoms with Gasteiger partial charge in [0.25, 0.3) is 0 Å². The maximum atomic E-state index is 13.5. The Morgan fingerprint density at radius 3 is 1.18 bits per heavy atom. The van der Waals surface area contributed by atoms with Gasteiger partial charge < -0.3 is 23.7 Å². The summed E-state index contributed by atoms with van der Waals surface area (Å²) in [6, 6.07) is 25.7. The Hall–Kier alpha value is -5.18. The van der Waals surface area contributed by atoms with Crippen LogP contribution in [0.3, 0.4) is 0 Å². The van der Waals surface area contributed by atoms with Crippen LogP contribution in [0.4, 0.5) is 11.4 Å². The molecule has 0 amide bonds. The third-order valence-corrected chi connectivity index (χ3v) is 11.5. The zero-order chi connectivity index (χ0) is 46.0. The van der Waals surface area contributed by atoms with Gasteiger partial charge in [0.2, 0.25) is 0 Å². The summed E-state index contributed by atoms with van der Waals surface area (Å²) in [5.41, 5.74) is 1.56. The standard InChI is InChI=1S/C56H78N2O7/c1-4-7-9-11-13-15-17-19-21-23-25-27-43-62-50-35-29-46(30-36-50)55(59)64-52-41-42-53(58-57-48-33-39-49(40-34-48)61-6-3)54(45-52)65-56(60)47-31-37-51(38-32-47)63-44-28-26-24-22-20-18-16-14-12-10-8-5-2/h29-42,45H,4-28,43-44H2,1-3H3. The molecule has 0 aromatic heterocycles. The fraction of sp³-hybridized carbons (Fsp3) is 0.536. The third kappa shape index (κ3) is 22.5. The molecule has 0 unspecified atom stereocenters. The molecule has 0 aliphatic carbocycles. The van der Waals surface area contributed by atoms with Gasteiger partial charge in [-0.3, -0.25) is 0 Å². The van der Waals surface area contributed by atoms with E-state index >= 15 is 0 Å². The van der Waals surface area contributed by atoms with Crippen LogP contribution in [0.1, 0.15) is 196 Å². The van der Waals surface area contributed by atoms with Crippen molar-refractivity contribution in [3.05, 3.63) is 102 Å². The molecule has 0 N–H and O–H groups in total. The third-order valence-electron chi connectivity index (χ3n) is 11.5. The predicted molar refractivity (Wildman–Crippen MR) is 264 cm³/mol. The Labute approximate surface area is 391 Å². The molecule has 0 saturated carbocycles. The first-order valence-electron chi connectivity index (χ1n) is 25.2. The van der Waals surface area contributed by atoms with E-state index in [-0.39, 0.29) is 17.2 Å². The predicted octanol–water partition coefficient (Wildman–Crippen LogP) is 17.1. The summed E-state index contributed by atoms with van der Waals surface area (Å²) < 4.78 is 29.1. The van der Waals surface area contributed by atoms with Gasteiger partial charge in [0, 0.05) is 6.07 Å². The Bertz CT molecular complexity index is 1890. The van der Waals surface area contributed by atoms with Crippen molar-refractivity contribution in [3.63, 3.8) is 0 Å². The minimum Gasteiger partial charge on any atom is -0.494 e. The Balaban J connectivity index is 1.25. The second-order valence-electron chi connectivity index (χ2n) is 17.1. The van der Waals surface area contributed by atoms with Gasteiger partial charge in [0.05, 0.1) is 36.6 Å². The monoisotopic (exact) mass is 891 g/mol. The fourth-order valence-electron chi connectivity index (χ4n) is 7.57. The number of carbonyl (C=O) groups is 2. The maximum absolute atomic E-state index is 13.5. The van der Waals surface area contributed by atoms with E-state index in [0.29, 0.717) is 48.1 Å². The number of esters is 2. The highest BCUT2D eigenvalue weighted by molar-refractivity contribution is 5.93. The molecule has 9 nitrogen and oxygen atoms in total. The molecular formula is C56H78N2O7. The molecule has 65 heavy (non-hydrogen) atoms. The van der Waals surface area contributed by atoms with Crippen LogP contribution in [0, 0.1) is 0 Å². The lowest BCUT2D eigenvalue weighted by Crippen LogP contribution is -2.10. The summed E-state index contributed by atoms with van der Waals surface area (Å²) in [5.74, 6) is 1.25. The number of rotatable bonds is 36. The quantitative estimate of drug-likeness (QED) is 0.0194. The number of hydrogen-bond donors (Lipinski definition) is 0. The number of benzene rings is 4. The van der Waals surface area contributed by atoms with E-state index in [4.69, 9.17) is 23.7 Å². The fourth-order valence-corrected chi connectivity index (χ4v) is 7.57. The number of nitrogens with zero attached hydrogens (tertiary/aromatic N) is 2. The molecular weight excluding hydrogens is 813 g/mol. The van der Waals surface area contributed by atoms with Gasteiger partial charge in [-0.1, -0.05) is 155 Å². The van der Waals surface area contributed by atoms with Crippen LogP contribution in [0.15, 0.2) is 101 Å². The van der Waals surface area contributed by atoms with Gasteiger partial charge in [0.1, 0.15) is 28.7 Å². The summed E-state index contributed by atoms with van der Waals surface area (Å²) in [7, 11) is 0. The van der Waals surface area contributed by atoms with E-state index in [1.54, 1.807) is 72.8 Å². The van der Waals surface area contributed by atoms with Gasteiger partial charge in [-0.05, 0) is 105 Å². The average molecular weight is 891 g/mol. The maximum Gasteiger partial charge on any atom is 0.343 e. The number of hydrogen-bond acceptors (Lipinski definition) is 9. The second-order valence-corrected chi connectivity index (χ2v) is 17.1. The van der Waals surface area contributed by atoms with Gasteiger partial charge in [0.15, 0.2) is 5.75 Å². The van der Waals surface area contributed by atoms with Crippen LogP contribution in [-0.2, 0) is 0 Å². The van der Waals surface area contributed by atoms with Gasteiger partial charge in [-0.2, -0.15) is 5.11 Å². The SMILES string of the molecule is CCCCCCCCCCCCCCOc1ccc(C(=O)Oc2ccc(N=Nc3ccc(OCC)cc3)c(OC(=O)c3ccc(OCCCCCCCCCCCCCC)cc3)c2)cc1. The number of ether oxygens (including phenoxy) is 5. The van der Waals surface area contributed by atoms with E-state index in [0.717, 1.165) is 31.4 Å². The second kappa shape index (κ2) is 33.3. The lowest BCUT2D eigenvalue weighted by atomic mass is 10.1. The summed E-state index contributed by atoms with van der Waals surface area (Å²) in [4.78, 5) is 26.7. The van der Waals surface area contributed by atoms with Crippen molar-refractivity contribution in [2.24, 2.45) is 10.2 Å². The zero-order valence-electron chi connectivity index (χ0n) is 40.0. The van der Waals surface area contributed by atoms with Crippen LogP contribution in [0.2, 0.25) is 0 Å². The Morgan fingerprint density at radius 2 is 0.754 bits per heavy atom. The van der Waals surface area contributed by atoms with Crippen LogP contribution < -0.4 is 23.7 Å². The Kier molecular flexibility index (Phi) is 26.9. The molecule has 9 heteroatoms. The average Bonchev–Trinajstić information content (AvgIpc) is 3.32. The summed E-state index contributed by atoms with van der Waals surface area (Å²) in [6.07, 6.45) is 31.0. The summed E-state index contributed by atoms with van der Waals surface area (Å²) >= 11 is 0. The van der Waals surface area contributed by atoms with Crippen molar-refractivity contribution in [3.8, 4) is 28.7 Å². The molecule has 0 fully saturated rings. The van der Waals surface area contributed by atoms with Crippen molar-refractivity contribution < 1.29 is 33.3 Å². The molecule has 4 aromatic rings. The van der Waals surface area contributed by atoms with Gasteiger partial charge in [-0.15, -0.1) is 5.11 Å². The van der Waals surface area contributed by atoms with Crippen molar-refractivity contribution in [2.45, 2.75) is 175 Å². The topological polar surface area (TPSA) is 105 Å². The van der Waals surface area contributed by atoms with Crippen molar-refractivity contribution in [1.82, 2.24) is 0 Å². The number of azo groups is 1. The highest BCUT2D eigenvalue weighted by Crippen LogP contribution is 2.35. The molecule has 0 atom stereocenters. The van der Waals surface area contributed by atoms with E-state index in [9.17, 15) is 9.59 Å². The first-order chi connectivity index (χ1) is 32.0. The largest absolute Gasteiger partial charge is 0.494 e. The molecule has 0 saturated heterocycles. The van der Waals surface area contributed by atoms with E-state index in [1.165, 1.54) is 134 Å². The van der Waals surface area contributed by atoms with E-state index in [2.05, 4.69) is 24.1 Å². The van der Waals surface area contributed by atoms with Gasteiger partial charge in [-0.25, -0.2) is 9.59 Å².